The van der Waals surface area contributed by atoms with E-state index in [1.165, 1.54) is 11.4 Å². The molecule has 0 saturated heterocycles. The van der Waals surface area contributed by atoms with E-state index in [-0.39, 0.29) is 12.5 Å². The van der Waals surface area contributed by atoms with E-state index in [4.69, 9.17) is 9.47 Å². The van der Waals surface area contributed by atoms with Crippen LogP contribution >= 0.6 is 0 Å². The molecule has 0 aromatic heterocycles. The summed E-state index contributed by atoms with van der Waals surface area (Å²) in [6.07, 6.45) is 1.70. The zero-order valence-corrected chi connectivity index (χ0v) is 14.6. The van der Waals surface area contributed by atoms with Crippen LogP contribution in [-0.4, -0.2) is 58.7 Å². The van der Waals surface area contributed by atoms with Crippen LogP contribution in [0.3, 0.4) is 0 Å². The molecular formula is C15H24N2O5S. The third-order valence-corrected chi connectivity index (χ3v) is 4.49. The Hall–Kier alpha value is -1.64. The molecule has 0 aliphatic rings. The first-order chi connectivity index (χ1) is 10.8. The lowest BCUT2D eigenvalue weighted by molar-refractivity contribution is -0.126. The van der Waals surface area contributed by atoms with Gasteiger partial charge in [-0.2, -0.15) is 0 Å². The van der Waals surface area contributed by atoms with Crippen molar-refractivity contribution in [3.05, 3.63) is 29.8 Å². The first-order valence-corrected chi connectivity index (χ1v) is 9.06. The number of sulfonamides is 1. The van der Waals surface area contributed by atoms with Crippen molar-refractivity contribution in [1.29, 1.82) is 0 Å². The predicted molar refractivity (Wildman–Crippen MR) is 87.8 cm³/mol. The van der Waals surface area contributed by atoms with Crippen LogP contribution in [0.1, 0.15) is 12.0 Å². The number of nitrogens with zero attached hydrogens (tertiary/aromatic N) is 1. The molecule has 0 fully saturated rings. The lowest BCUT2D eigenvalue weighted by Crippen LogP contribution is -2.32. The fraction of sp³-hybridized carbons (Fsp3) is 0.533. The zero-order valence-electron chi connectivity index (χ0n) is 13.7. The van der Waals surface area contributed by atoms with Crippen molar-refractivity contribution in [2.75, 3.05) is 40.1 Å². The van der Waals surface area contributed by atoms with Crippen LogP contribution in [0, 0.1) is 0 Å². The van der Waals surface area contributed by atoms with E-state index in [2.05, 4.69) is 5.32 Å². The maximum absolute atomic E-state index is 11.6. The highest BCUT2D eigenvalue weighted by Crippen LogP contribution is 2.12. The van der Waals surface area contributed by atoms with Crippen molar-refractivity contribution in [1.82, 2.24) is 9.62 Å². The van der Waals surface area contributed by atoms with Gasteiger partial charge in [-0.15, -0.1) is 0 Å². The second kappa shape index (κ2) is 9.49. The maximum Gasteiger partial charge on any atom is 0.246 e. The number of amides is 1. The van der Waals surface area contributed by atoms with Gasteiger partial charge in [-0.1, -0.05) is 12.1 Å². The minimum atomic E-state index is -3.17. The van der Waals surface area contributed by atoms with Gasteiger partial charge in [0.1, 0.15) is 12.4 Å². The summed E-state index contributed by atoms with van der Waals surface area (Å²) < 4.78 is 34.1. The van der Waals surface area contributed by atoms with Gasteiger partial charge < -0.3 is 14.8 Å². The van der Waals surface area contributed by atoms with Gasteiger partial charge in [-0.3, -0.25) is 4.79 Å². The molecule has 0 atom stereocenters. The highest BCUT2D eigenvalue weighted by Gasteiger charge is 2.10. The molecule has 1 amide bonds. The van der Waals surface area contributed by atoms with Crippen molar-refractivity contribution >= 4 is 15.9 Å². The first-order valence-electron chi connectivity index (χ1n) is 7.21. The highest BCUT2D eigenvalue weighted by atomic mass is 32.2. The summed E-state index contributed by atoms with van der Waals surface area (Å²) in [7, 11) is -0.0682. The zero-order chi connectivity index (χ0) is 17.3. The Morgan fingerprint density at radius 1 is 1.35 bits per heavy atom. The number of nitrogens with one attached hydrogen (secondary N) is 1. The van der Waals surface area contributed by atoms with E-state index in [1.807, 2.05) is 24.3 Å². The number of carbonyl (C=O) groups excluding carboxylic acids is 1. The molecule has 23 heavy (non-hydrogen) atoms. The number of carbonyl (C=O) groups is 1. The Kier molecular flexibility index (Phi) is 8.01. The third-order valence-electron chi connectivity index (χ3n) is 3.17. The second-order valence-corrected chi connectivity index (χ2v) is 7.22. The standard InChI is InChI=1S/C15H24N2O5S/c1-17(23(3,19)20)9-5-8-16-15(18)12-22-11-13-6-4-7-14(10-13)21-2/h4,6-7,10H,5,8-9,11-12H2,1-3H3,(H,16,18). The van der Waals surface area contributed by atoms with Crippen LogP contribution < -0.4 is 10.1 Å². The van der Waals surface area contributed by atoms with E-state index in [1.54, 1.807) is 7.11 Å². The molecule has 0 saturated carbocycles. The first kappa shape index (κ1) is 19.4. The molecule has 130 valence electrons. The smallest absolute Gasteiger partial charge is 0.246 e. The number of benzene rings is 1. The molecular weight excluding hydrogens is 320 g/mol. The van der Waals surface area contributed by atoms with Gasteiger partial charge in [0, 0.05) is 20.1 Å². The van der Waals surface area contributed by atoms with Crippen LogP contribution in [0.15, 0.2) is 24.3 Å². The Balaban J connectivity index is 2.17. The normalized spacial score (nSPS) is 11.5. The van der Waals surface area contributed by atoms with Gasteiger partial charge in [-0.25, -0.2) is 12.7 Å². The molecule has 0 aliphatic heterocycles. The van der Waals surface area contributed by atoms with Gasteiger partial charge in [0.2, 0.25) is 15.9 Å². The number of ether oxygens (including phenoxy) is 2. The van der Waals surface area contributed by atoms with Crippen LogP contribution in [0.5, 0.6) is 5.75 Å². The molecule has 7 nitrogen and oxygen atoms in total. The van der Waals surface area contributed by atoms with Crippen molar-refractivity contribution in [3.8, 4) is 5.75 Å². The van der Waals surface area contributed by atoms with Gasteiger partial charge in [0.25, 0.3) is 0 Å². The van der Waals surface area contributed by atoms with Crippen LogP contribution in [0.25, 0.3) is 0 Å². The quantitative estimate of drug-likeness (QED) is 0.629. The van der Waals surface area contributed by atoms with Gasteiger partial charge in [0.05, 0.1) is 20.0 Å². The number of methoxy groups -OCH3 is 1. The minimum Gasteiger partial charge on any atom is -0.497 e. The summed E-state index contributed by atoms with van der Waals surface area (Å²) in [6, 6.07) is 7.43. The van der Waals surface area contributed by atoms with Crippen molar-refractivity contribution in [2.45, 2.75) is 13.0 Å². The summed E-state index contributed by atoms with van der Waals surface area (Å²) >= 11 is 0. The summed E-state index contributed by atoms with van der Waals surface area (Å²) in [5, 5.41) is 2.69. The largest absolute Gasteiger partial charge is 0.497 e. The summed E-state index contributed by atoms with van der Waals surface area (Å²) in [4.78, 5) is 11.6. The summed E-state index contributed by atoms with van der Waals surface area (Å²) in [5.41, 5.74) is 0.923. The highest BCUT2D eigenvalue weighted by molar-refractivity contribution is 7.88. The number of rotatable bonds is 10. The molecule has 0 aliphatic carbocycles. The van der Waals surface area contributed by atoms with E-state index in [0.29, 0.717) is 26.1 Å². The maximum atomic E-state index is 11.6. The Morgan fingerprint density at radius 2 is 2.09 bits per heavy atom. The Bertz CT molecular complexity index is 604. The van der Waals surface area contributed by atoms with Crippen molar-refractivity contribution < 1.29 is 22.7 Å². The fourth-order valence-electron chi connectivity index (χ4n) is 1.77. The van der Waals surface area contributed by atoms with Gasteiger partial charge in [-0.05, 0) is 24.1 Å². The third kappa shape index (κ3) is 7.96. The monoisotopic (exact) mass is 344 g/mol. The van der Waals surface area contributed by atoms with Gasteiger partial charge in [0.15, 0.2) is 0 Å². The van der Waals surface area contributed by atoms with E-state index in [9.17, 15) is 13.2 Å². The summed E-state index contributed by atoms with van der Waals surface area (Å²) in [5.74, 6) is 0.514. The molecule has 0 radical (unpaired) electrons. The minimum absolute atomic E-state index is 0.0425. The molecule has 1 rings (SSSR count). The average molecular weight is 344 g/mol. The molecule has 1 aromatic rings. The molecule has 1 aromatic carbocycles. The molecule has 0 heterocycles. The van der Waals surface area contributed by atoms with E-state index in [0.717, 1.165) is 17.6 Å². The molecule has 0 spiro atoms. The lowest BCUT2D eigenvalue weighted by Gasteiger charge is -2.13. The fourth-order valence-corrected chi connectivity index (χ4v) is 2.23. The Morgan fingerprint density at radius 3 is 2.74 bits per heavy atom. The van der Waals surface area contributed by atoms with Crippen LogP contribution in [0.2, 0.25) is 0 Å². The van der Waals surface area contributed by atoms with E-state index < -0.39 is 10.0 Å². The Labute approximate surface area is 137 Å². The van der Waals surface area contributed by atoms with Crippen molar-refractivity contribution in [3.63, 3.8) is 0 Å². The molecule has 1 N–H and O–H groups in total. The number of hydrogen-bond donors (Lipinski definition) is 1. The van der Waals surface area contributed by atoms with Gasteiger partial charge >= 0.3 is 0 Å². The molecule has 0 unspecified atom stereocenters. The van der Waals surface area contributed by atoms with Crippen LogP contribution in [0.4, 0.5) is 0 Å². The second-order valence-electron chi connectivity index (χ2n) is 5.13. The predicted octanol–water partition coefficient (Wildman–Crippen LogP) is 0.610. The SMILES string of the molecule is COc1cccc(COCC(=O)NCCCN(C)S(C)(=O)=O)c1. The van der Waals surface area contributed by atoms with Crippen molar-refractivity contribution in [2.24, 2.45) is 0 Å². The summed E-state index contributed by atoms with van der Waals surface area (Å²) in [6.45, 7) is 1.05. The average Bonchev–Trinajstić information content (AvgIpc) is 2.50. The number of hydrogen-bond acceptors (Lipinski definition) is 5. The molecule has 0 bridgehead atoms. The lowest BCUT2D eigenvalue weighted by atomic mass is 10.2. The van der Waals surface area contributed by atoms with E-state index >= 15 is 0 Å². The topological polar surface area (TPSA) is 84.9 Å². The molecule has 8 heteroatoms. The van der Waals surface area contributed by atoms with Crippen LogP contribution in [-0.2, 0) is 26.2 Å².